The molecule has 8 nitrogen and oxygen atoms in total. The van der Waals surface area contributed by atoms with Crippen LogP contribution in [0.4, 0.5) is 8.78 Å². The number of ether oxygens (including phenoxy) is 2. The summed E-state index contributed by atoms with van der Waals surface area (Å²) in [4.78, 5) is 34.8. The SMILES string of the molecule is C[C@](O)(CCC(=O)c1cc(OC2CC2)c2ncccc2c1)c1cc2c(c(-c3ccc(F)c(F)c3)n1)OC[C@]2(C)C(N)=O. The van der Waals surface area contributed by atoms with E-state index in [2.05, 4.69) is 9.97 Å². The van der Waals surface area contributed by atoms with Crippen molar-refractivity contribution in [2.75, 3.05) is 6.61 Å². The zero-order valence-electron chi connectivity index (χ0n) is 23.1. The Morgan fingerprint density at radius 1 is 1.17 bits per heavy atom. The number of rotatable bonds is 9. The standard InChI is InChI=1S/C32H29F2N3O5/c1-31(30(35)39)16-41-29-21(31)15-26(37-28(29)18-5-8-22(33)23(34)13-18)32(2,40)10-9-24(38)19-12-17-4-3-11-36-27(17)25(14-19)42-20-6-7-20/h3-5,8,11-15,20,40H,6-7,9-10,16H2,1-2H3,(H2,35,39)/t31-,32-/m0/s1. The molecule has 2 aromatic heterocycles. The number of amides is 1. The Morgan fingerprint density at radius 2 is 1.95 bits per heavy atom. The number of Topliss-reactive ketones (excluding diaryl/α,β-unsaturated/α-hetero) is 1. The molecule has 1 saturated carbocycles. The zero-order valence-corrected chi connectivity index (χ0v) is 23.1. The van der Waals surface area contributed by atoms with E-state index in [1.165, 1.54) is 19.1 Å². The fraction of sp³-hybridized carbons (Fsp3) is 0.312. The number of ketones is 1. The topological polar surface area (TPSA) is 125 Å². The molecule has 0 unspecified atom stereocenters. The molecule has 0 bridgehead atoms. The van der Waals surface area contributed by atoms with Crippen LogP contribution in [0.15, 0.2) is 54.7 Å². The minimum Gasteiger partial charge on any atom is -0.489 e. The number of aromatic nitrogens is 2. The molecule has 0 saturated heterocycles. The lowest BCUT2D eigenvalue weighted by molar-refractivity contribution is -0.123. The molecular formula is C32H29F2N3O5. The van der Waals surface area contributed by atoms with E-state index >= 15 is 0 Å². The van der Waals surface area contributed by atoms with E-state index in [0.29, 0.717) is 22.4 Å². The van der Waals surface area contributed by atoms with E-state index in [9.17, 15) is 23.5 Å². The second kappa shape index (κ2) is 10.1. The molecule has 3 heterocycles. The van der Waals surface area contributed by atoms with Crippen LogP contribution < -0.4 is 15.2 Å². The average Bonchev–Trinajstić information content (AvgIpc) is 3.72. The number of halogens is 2. The van der Waals surface area contributed by atoms with Crippen LogP contribution in [-0.2, 0) is 15.8 Å². The summed E-state index contributed by atoms with van der Waals surface area (Å²) in [6.45, 7) is 3.03. The van der Waals surface area contributed by atoms with Crippen LogP contribution in [0.5, 0.6) is 11.5 Å². The Balaban J connectivity index is 1.33. The number of hydrogen-bond acceptors (Lipinski definition) is 7. The molecule has 1 aliphatic carbocycles. The summed E-state index contributed by atoms with van der Waals surface area (Å²) >= 11 is 0. The molecule has 6 rings (SSSR count). The lowest BCUT2D eigenvalue weighted by Gasteiger charge is -2.26. The Bertz CT molecular complexity index is 1750. The molecule has 2 atom stereocenters. The maximum Gasteiger partial charge on any atom is 0.231 e. The van der Waals surface area contributed by atoms with Crippen molar-refractivity contribution < 1.29 is 33.0 Å². The van der Waals surface area contributed by atoms with Gasteiger partial charge in [-0.1, -0.05) is 6.07 Å². The second-order valence-electron chi connectivity index (χ2n) is 11.4. The highest BCUT2D eigenvalue weighted by Crippen LogP contribution is 2.46. The van der Waals surface area contributed by atoms with Crippen molar-refractivity contribution in [3.8, 4) is 22.8 Å². The first-order valence-corrected chi connectivity index (χ1v) is 13.7. The van der Waals surface area contributed by atoms with Crippen molar-refractivity contribution >= 4 is 22.6 Å². The molecule has 4 aromatic rings. The fourth-order valence-corrected chi connectivity index (χ4v) is 5.11. The number of primary amides is 1. The van der Waals surface area contributed by atoms with Crippen LogP contribution in [0.1, 0.15) is 61.1 Å². The minimum absolute atomic E-state index is 0.0210. The number of pyridine rings is 2. The molecule has 3 N–H and O–H groups in total. The van der Waals surface area contributed by atoms with Crippen molar-refractivity contribution in [3.63, 3.8) is 0 Å². The third-order valence-corrected chi connectivity index (χ3v) is 8.01. The monoisotopic (exact) mass is 573 g/mol. The van der Waals surface area contributed by atoms with E-state index in [-0.39, 0.29) is 54.0 Å². The highest BCUT2D eigenvalue weighted by Gasteiger charge is 2.45. The number of carbonyl (C=O) groups excluding carboxylic acids is 2. The smallest absolute Gasteiger partial charge is 0.231 e. The molecule has 42 heavy (non-hydrogen) atoms. The van der Waals surface area contributed by atoms with Gasteiger partial charge >= 0.3 is 0 Å². The van der Waals surface area contributed by atoms with Crippen molar-refractivity contribution in [2.24, 2.45) is 5.73 Å². The molecule has 0 radical (unpaired) electrons. The quantitative estimate of drug-likeness (QED) is 0.266. The Morgan fingerprint density at radius 3 is 2.67 bits per heavy atom. The van der Waals surface area contributed by atoms with Gasteiger partial charge in [0.1, 0.15) is 40.3 Å². The summed E-state index contributed by atoms with van der Waals surface area (Å²) in [6, 6.07) is 11.9. The number of hydrogen-bond donors (Lipinski definition) is 2. The molecule has 2 aliphatic rings. The summed E-state index contributed by atoms with van der Waals surface area (Å²) in [5, 5.41) is 12.4. The van der Waals surface area contributed by atoms with Gasteiger partial charge in [-0.2, -0.15) is 0 Å². The summed E-state index contributed by atoms with van der Waals surface area (Å²) < 4.78 is 39.7. The van der Waals surface area contributed by atoms with Crippen LogP contribution >= 0.6 is 0 Å². The van der Waals surface area contributed by atoms with Gasteiger partial charge in [0, 0.05) is 34.7 Å². The molecule has 216 valence electrons. The third kappa shape index (κ3) is 4.96. The van der Waals surface area contributed by atoms with Crippen LogP contribution in [0.25, 0.3) is 22.2 Å². The van der Waals surface area contributed by atoms with Crippen molar-refractivity contribution in [2.45, 2.75) is 56.7 Å². The van der Waals surface area contributed by atoms with Crippen LogP contribution in [0.3, 0.4) is 0 Å². The maximum absolute atomic E-state index is 14.2. The van der Waals surface area contributed by atoms with Gasteiger partial charge in [-0.25, -0.2) is 13.8 Å². The molecular weight excluding hydrogens is 544 g/mol. The lowest BCUT2D eigenvalue weighted by Crippen LogP contribution is -2.40. The number of nitrogens with zero attached hydrogens (tertiary/aromatic N) is 2. The average molecular weight is 574 g/mol. The maximum atomic E-state index is 14.2. The highest BCUT2D eigenvalue weighted by atomic mass is 19.2. The van der Waals surface area contributed by atoms with Gasteiger partial charge in [0.15, 0.2) is 17.4 Å². The third-order valence-electron chi connectivity index (χ3n) is 8.01. The van der Waals surface area contributed by atoms with Gasteiger partial charge in [0.25, 0.3) is 0 Å². The number of fused-ring (bicyclic) bond motifs is 2. The predicted molar refractivity (Wildman–Crippen MR) is 150 cm³/mol. The number of benzene rings is 2. The van der Waals surface area contributed by atoms with Crippen molar-refractivity contribution in [1.82, 2.24) is 9.97 Å². The number of nitrogens with two attached hydrogens (primary N) is 1. The predicted octanol–water partition coefficient (Wildman–Crippen LogP) is 5.12. The Labute approximate surface area is 240 Å². The summed E-state index contributed by atoms with van der Waals surface area (Å²) in [5.74, 6) is -2.24. The van der Waals surface area contributed by atoms with Crippen LogP contribution in [0, 0.1) is 11.6 Å². The number of carbonyl (C=O) groups is 2. The lowest BCUT2D eigenvalue weighted by atomic mass is 9.81. The first-order valence-electron chi connectivity index (χ1n) is 13.7. The molecule has 1 aliphatic heterocycles. The zero-order chi connectivity index (χ0) is 29.8. The Kier molecular flexibility index (Phi) is 6.68. The molecule has 2 aromatic carbocycles. The van der Waals surface area contributed by atoms with E-state index < -0.39 is 28.6 Å². The molecule has 10 heteroatoms. The highest BCUT2D eigenvalue weighted by molar-refractivity contribution is 6.01. The minimum atomic E-state index is -1.65. The van der Waals surface area contributed by atoms with Crippen molar-refractivity contribution in [1.29, 1.82) is 0 Å². The van der Waals surface area contributed by atoms with Gasteiger partial charge in [-0.15, -0.1) is 0 Å². The Hall–Kier alpha value is -4.44. The van der Waals surface area contributed by atoms with Gasteiger partial charge < -0.3 is 20.3 Å². The van der Waals surface area contributed by atoms with E-state index in [1.807, 2.05) is 6.07 Å². The molecule has 1 fully saturated rings. The van der Waals surface area contributed by atoms with Gasteiger partial charge in [0.05, 0.1) is 11.8 Å². The fourth-order valence-electron chi connectivity index (χ4n) is 5.11. The number of aliphatic hydroxyl groups is 1. The van der Waals surface area contributed by atoms with Gasteiger partial charge in [-0.05, 0) is 75.6 Å². The largest absolute Gasteiger partial charge is 0.489 e. The summed E-state index contributed by atoms with van der Waals surface area (Å²) in [5.41, 5.74) is 4.76. The van der Waals surface area contributed by atoms with Crippen LogP contribution in [-0.4, -0.2) is 39.5 Å². The normalized spacial score (nSPS) is 19.2. The van der Waals surface area contributed by atoms with Crippen LogP contribution in [0.2, 0.25) is 0 Å². The second-order valence-corrected chi connectivity index (χ2v) is 11.4. The van der Waals surface area contributed by atoms with E-state index in [1.54, 1.807) is 31.3 Å². The molecule has 1 amide bonds. The molecule has 0 spiro atoms. The summed E-state index contributed by atoms with van der Waals surface area (Å²) in [6.07, 6.45) is 3.64. The first kappa shape index (κ1) is 27.7. The summed E-state index contributed by atoms with van der Waals surface area (Å²) in [7, 11) is 0. The van der Waals surface area contributed by atoms with Crippen molar-refractivity contribution in [3.05, 3.63) is 83.2 Å². The van der Waals surface area contributed by atoms with E-state index in [4.69, 9.17) is 15.2 Å². The van der Waals surface area contributed by atoms with Gasteiger partial charge in [-0.3, -0.25) is 14.6 Å². The van der Waals surface area contributed by atoms with E-state index in [0.717, 1.165) is 30.4 Å². The van der Waals surface area contributed by atoms with Gasteiger partial charge in [0.2, 0.25) is 5.91 Å². The first-order chi connectivity index (χ1) is 20.0.